The summed E-state index contributed by atoms with van der Waals surface area (Å²) < 4.78 is 31.8. The lowest BCUT2D eigenvalue weighted by molar-refractivity contribution is 0.204. The van der Waals surface area contributed by atoms with Crippen LogP contribution in [0.2, 0.25) is 0 Å². The van der Waals surface area contributed by atoms with Gasteiger partial charge in [0.05, 0.1) is 18.0 Å². The van der Waals surface area contributed by atoms with Gasteiger partial charge in [0.2, 0.25) is 10.0 Å². The summed E-state index contributed by atoms with van der Waals surface area (Å²) >= 11 is 0. The van der Waals surface area contributed by atoms with E-state index in [9.17, 15) is 8.42 Å². The second-order valence-electron chi connectivity index (χ2n) is 8.37. The highest BCUT2D eigenvalue weighted by atomic mass is 32.2. The number of sulfonamides is 1. The van der Waals surface area contributed by atoms with E-state index >= 15 is 0 Å². The highest BCUT2D eigenvalue weighted by molar-refractivity contribution is 7.89. The summed E-state index contributed by atoms with van der Waals surface area (Å²) in [5.41, 5.74) is 1.26. The first-order chi connectivity index (χ1) is 13.6. The van der Waals surface area contributed by atoms with Gasteiger partial charge in [0.15, 0.2) is 5.96 Å². The number of nitrogens with one attached hydrogen (secondary N) is 3. The Kier molecular flexibility index (Phi) is 10.6. The minimum Gasteiger partial charge on any atom is -0.383 e. The van der Waals surface area contributed by atoms with Gasteiger partial charge in [0.1, 0.15) is 0 Å². The van der Waals surface area contributed by atoms with Gasteiger partial charge < -0.3 is 15.4 Å². The van der Waals surface area contributed by atoms with Crippen LogP contribution in [0.4, 0.5) is 0 Å². The molecule has 8 heteroatoms. The van der Waals surface area contributed by atoms with Crippen molar-refractivity contribution in [3.63, 3.8) is 0 Å². The largest absolute Gasteiger partial charge is 0.383 e. The van der Waals surface area contributed by atoms with Crippen molar-refractivity contribution < 1.29 is 13.2 Å². The Morgan fingerprint density at radius 2 is 1.86 bits per heavy atom. The third kappa shape index (κ3) is 10.6. The molecule has 0 spiro atoms. The number of aliphatic imine (C=N–C) groups is 1. The molecule has 0 aliphatic carbocycles. The first-order valence-electron chi connectivity index (χ1n) is 10.2. The Balaban J connectivity index is 2.70. The maximum atomic E-state index is 12.2. The van der Waals surface area contributed by atoms with E-state index in [1.807, 2.05) is 6.92 Å². The molecule has 29 heavy (non-hydrogen) atoms. The molecule has 0 amide bonds. The van der Waals surface area contributed by atoms with Gasteiger partial charge in [-0.15, -0.1) is 0 Å². The van der Waals surface area contributed by atoms with Crippen molar-refractivity contribution in [2.45, 2.75) is 64.9 Å². The van der Waals surface area contributed by atoms with E-state index in [4.69, 9.17) is 4.74 Å². The molecule has 0 bridgehead atoms. The first-order valence-corrected chi connectivity index (χ1v) is 11.7. The third-order valence-corrected chi connectivity index (χ3v) is 5.78. The normalized spacial score (nSPS) is 13.9. The average molecular weight is 427 g/mol. The molecule has 1 rings (SSSR count). The molecule has 0 saturated heterocycles. The summed E-state index contributed by atoms with van der Waals surface area (Å²) in [6.07, 6.45) is 2.20. The minimum atomic E-state index is -3.51. The van der Waals surface area contributed by atoms with Gasteiger partial charge in [-0.1, -0.05) is 32.9 Å². The lowest BCUT2D eigenvalue weighted by Crippen LogP contribution is -2.42. The number of nitrogens with zero attached hydrogens (tertiary/aromatic N) is 1. The number of benzene rings is 1. The lowest BCUT2D eigenvalue weighted by atomic mass is 9.89. The van der Waals surface area contributed by atoms with E-state index in [0.717, 1.165) is 30.9 Å². The van der Waals surface area contributed by atoms with Gasteiger partial charge in [-0.25, -0.2) is 18.1 Å². The van der Waals surface area contributed by atoms with Crippen molar-refractivity contribution in [2.75, 3.05) is 26.8 Å². The van der Waals surface area contributed by atoms with Crippen LogP contribution in [0.1, 0.15) is 53.0 Å². The predicted molar refractivity (Wildman–Crippen MR) is 120 cm³/mol. The van der Waals surface area contributed by atoms with Crippen LogP contribution in [-0.2, 0) is 21.3 Å². The topological polar surface area (TPSA) is 91.8 Å². The molecule has 0 fully saturated rings. The van der Waals surface area contributed by atoms with Crippen molar-refractivity contribution in [2.24, 2.45) is 10.4 Å². The summed E-state index contributed by atoms with van der Waals surface area (Å²) in [5.74, 6) is 0.770. The molecule has 1 aromatic rings. The molecule has 1 unspecified atom stereocenters. The van der Waals surface area contributed by atoms with Gasteiger partial charge >= 0.3 is 0 Å². The van der Waals surface area contributed by atoms with Crippen molar-refractivity contribution >= 4 is 16.0 Å². The summed E-state index contributed by atoms with van der Waals surface area (Å²) in [6, 6.07) is 7.11. The molecule has 1 atom stereocenters. The SMILES string of the molecule is CCNC(=NCc1ccc(S(=O)(=O)NCCOC)cc1)NC(C)CCC(C)(C)C. The maximum absolute atomic E-state index is 12.2. The average Bonchev–Trinajstić information content (AvgIpc) is 2.64. The summed E-state index contributed by atoms with van der Waals surface area (Å²) in [4.78, 5) is 4.87. The third-order valence-electron chi connectivity index (χ3n) is 4.31. The van der Waals surface area contributed by atoms with Crippen LogP contribution in [0, 0.1) is 5.41 Å². The molecule has 0 heterocycles. The molecule has 0 radical (unpaired) electrons. The van der Waals surface area contributed by atoms with Crippen LogP contribution in [0.15, 0.2) is 34.2 Å². The van der Waals surface area contributed by atoms with E-state index in [1.54, 1.807) is 24.3 Å². The second kappa shape index (κ2) is 12.1. The van der Waals surface area contributed by atoms with Gasteiger partial charge in [-0.2, -0.15) is 0 Å². The van der Waals surface area contributed by atoms with Crippen molar-refractivity contribution in [1.29, 1.82) is 0 Å². The fraction of sp³-hybridized carbons (Fsp3) is 0.667. The van der Waals surface area contributed by atoms with Gasteiger partial charge in [0, 0.05) is 26.2 Å². The minimum absolute atomic E-state index is 0.238. The van der Waals surface area contributed by atoms with Gasteiger partial charge in [0.25, 0.3) is 0 Å². The molecular formula is C21H38N4O3S. The Hall–Kier alpha value is -1.64. The molecule has 3 N–H and O–H groups in total. The van der Waals surface area contributed by atoms with Crippen molar-refractivity contribution in [3.8, 4) is 0 Å². The smallest absolute Gasteiger partial charge is 0.240 e. The highest BCUT2D eigenvalue weighted by Gasteiger charge is 2.14. The predicted octanol–water partition coefficient (Wildman–Crippen LogP) is 2.88. The summed E-state index contributed by atoms with van der Waals surface area (Å²) in [5, 5.41) is 6.71. The summed E-state index contributed by atoms with van der Waals surface area (Å²) in [6.45, 7) is 12.8. The Bertz CT molecular complexity index is 725. The lowest BCUT2D eigenvalue weighted by Gasteiger charge is -2.23. The number of ether oxygens (including phenoxy) is 1. The fourth-order valence-corrected chi connectivity index (χ4v) is 3.59. The Labute approximate surface area is 176 Å². The number of methoxy groups -OCH3 is 1. The molecule has 0 aromatic heterocycles. The number of hydrogen-bond acceptors (Lipinski definition) is 4. The number of rotatable bonds is 11. The van der Waals surface area contributed by atoms with Crippen LogP contribution in [0.5, 0.6) is 0 Å². The zero-order valence-electron chi connectivity index (χ0n) is 18.7. The molecule has 7 nitrogen and oxygen atoms in total. The quantitative estimate of drug-likeness (QED) is 0.287. The number of guanidine groups is 1. The van der Waals surface area contributed by atoms with Crippen LogP contribution in [0.25, 0.3) is 0 Å². The highest BCUT2D eigenvalue weighted by Crippen LogP contribution is 2.21. The number of hydrogen-bond donors (Lipinski definition) is 3. The molecule has 0 saturated carbocycles. The molecular weight excluding hydrogens is 388 g/mol. The van der Waals surface area contributed by atoms with Gasteiger partial charge in [-0.3, -0.25) is 0 Å². The maximum Gasteiger partial charge on any atom is 0.240 e. The van der Waals surface area contributed by atoms with E-state index in [1.165, 1.54) is 7.11 Å². The standard InChI is InChI=1S/C21H38N4O3S/c1-7-22-20(25-17(2)12-13-21(3,4)5)23-16-18-8-10-19(11-9-18)29(26,27)24-14-15-28-6/h8-11,17,24H,7,12-16H2,1-6H3,(H2,22,23,25). The van der Waals surface area contributed by atoms with Crippen LogP contribution in [0.3, 0.4) is 0 Å². The van der Waals surface area contributed by atoms with E-state index in [-0.39, 0.29) is 11.4 Å². The Morgan fingerprint density at radius 1 is 1.21 bits per heavy atom. The van der Waals surface area contributed by atoms with Crippen molar-refractivity contribution in [3.05, 3.63) is 29.8 Å². The molecule has 1 aromatic carbocycles. The summed E-state index contributed by atoms with van der Waals surface area (Å²) in [7, 11) is -1.98. The molecule has 0 aliphatic heterocycles. The molecule has 166 valence electrons. The first kappa shape index (κ1) is 25.4. The van der Waals surface area contributed by atoms with Crippen molar-refractivity contribution in [1.82, 2.24) is 15.4 Å². The monoisotopic (exact) mass is 426 g/mol. The van der Waals surface area contributed by atoms with Crippen LogP contribution in [-0.4, -0.2) is 47.2 Å². The van der Waals surface area contributed by atoms with E-state index in [0.29, 0.717) is 24.6 Å². The van der Waals surface area contributed by atoms with Crippen LogP contribution >= 0.6 is 0 Å². The van der Waals surface area contributed by atoms with E-state index in [2.05, 4.69) is 48.0 Å². The van der Waals surface area contributed by atoms with Gasteiger partial charge in [-0.05, 0) is 49.8 Å². The molecule has 0 aliphatic rings. The van der Waals surface area contributed by atoms with Crippen LogP contribution < -0.4 is 15.4 Å². The zero-order chi connectivity index (χ0) is 21.9. The van der Waals surface area contributed by atoms with E-state index < -0.39 is 10.0 Å². The zero-order valence-corrected chi connectivity index (χ0v) is 19.5. The second-order valence-corrected chi connectivity index (χ2v) is 10.1. The fourth-order valence-electron chi connectivity index (χ4n) is 2.58. The Morgan fingerprint density at radius 3 is 2.41 bits per heavy atom.